The van der Waals surface area contributed by atoms with Crippen LogP contribution in [0.25, 0.3) is 0 Å². The summed E-state index contributed by atoms with van der Waals surface area (Å²) in [4.78, 5) is 2.37. The second-order valence-corrected chi connectivity index (χ2v) is 8.92. The Balaban J connectivity index is 1.62. The fourth-order valence-corrected chi connectivity index (χ4v) is 4.32. The molecule has 0 radical (unpaired) electrons. The van der Waals surface area contributed by atoms with Crippen LogP contribution in [0.5, 0.6) is 0 Å². The lowest BCUT2D eigenvalue weighted by molar-refractivity contribution is -0.0703. The van der Waals surface area contributed by atoms with Gasteiger partial charge in [0.1, 0.15) is 0 Å². The number of nitrogens with one attached hydrogen (secondary N) is 1. The average Bonchev–Trinajstić information content (AvgIpc) is 2.75. The molecular weight excluding hydrogens is 312 g/mol. The van der Waals surface area contributed by atoms with Gasteiger partial charge in [0.05, 0.1) is 17.3 Å². The van der Waals surface area contributed by atoms with Gasteiger partial charge >= 0.3 is 0 Å². The monoisotopic (exact) mass is 346 g/mol. The van der Waals surface area contributed by atoms with Gasteiger partial charge in [0, 0.05) is 30.9 Å². The van der Waals surface area contributed by atoms with Gasteiger partial charge in [0.25, 0.3) is 0 Å². The molecule has 0 amide bonds. The van der Waals surface area contributed by atoms with Crippen molar-refractivity contribution in [1.82, 2.24) is 5.32 Å². The highest BCUT2D eigenvalue weighted by atomic mass is 16.5. The molecule has 0 saturated carbocycles. The van der Waals surface area contributed by atoms with E-state index in [9.17, 15) is 5.11 Å². The van der Waals surface area contributed by atoms with E-state index in [1.54, 1.807) is 0 Å². The van der Waals surface area contributed by atoms with Crippen LogP contribution in [-0.4, -0.2) is 41.5 Å². The van der Waals surface area contributed by atoms with Gasteiger partial charge in [-0.1, -0.05) is 12.1 Å². The summed E-state index contributed by atoms with van der Waals surface area (Å²) in [5.74, 6) is 0. The Morgan fingerprint density at radius 2 is 1.72 bits per heavy atom. The van der Waals surface area contributed by atoms with E-state index in [4.69, 9.17) is 4.74 Å². The van der Waals surface area contributed by atoms with Crippen LogP contribution in [0.2, 0.25) is 0 Å². The average molecular weight is 347 g/mol. The fourth-order valence-electron chi connectivity index (χ4n) is 4.32. The zero-order valence-electron chi connectivity index (χ0n) is 16.4. The van der Waals surface area contributed by atoms with E-state index in [1.165, 1.54) is 11.3 Å². The van der Waals surface area contributed by atoms with E-state index in [1.807, 2.05) is 0 Å². The fraction of sp³-hybridized carbons (Fsp3) is 0.714. The van der Waals surface area contributed by atoms with E-state index in [-0.39, 0.29) is 17.3 Å². The summed E-state index contributed by atoms with van der Waals surface area (Å²) in [7, 11) is 0. The van der Waals surface area contributed by atoms with Gasteiger partial charge in [0.15, 0.2) is 0 Å². The molecule has 1 aromatic rings. The molecule has 2 unspecified atom stereocenters. The van der Waals surface area contributed by atoms with Crippen molar-refractivity contribution in [1.29, 1.82) is 0 Å². The highest BCUT2D eigenvalue weighted by Crippen LogP contribution is 2.38. The Kier molecular flexibility index (Phi) is 5.16. The number of hydrogen-bond acceptors (Lipinski definition) is 4. The summed E-state index contributed by atoms with van der Waals surface area (Å²) in [5, 5.41) is 13.4. The molecular formula is C21H34N2O2. The Bertz CT molecular complexity index is 574. The van der Waals surface area contributed by atoms with E-state index in [0.717, 1.165) is 32.4 Å². The van der Waals surface area contributed by atoms with Crippen molar-refractivity contribution in [2.75, 3.05) is 18.0 Å². The lowest BCUT2D eigenvalue weighted by atomic mass is 9.93. The van der Waals surface area contributed by atoms with Crippen LogP contribution in [0.15, 0.2) is 24.3 Å². The van der Waals surface area contributed by atoms with E-state index >= 15 is 0 Å². The molecule has 3 rings (SSSR count). The summed E-state index contributed by atoms with van der Waals surface area (Å²) in [6.07, 6.45) is 2.64. The quantitative estimate of drug-likeness (QED) is 0.874. The van der Waals surface area contributed by atoms with E-state index in [2.05, 4.69) is 69.1 Å². The molecule has 140 valence electrons. The molecule has 1 aromatic carbocycles. The summed E-state index contributed by atoms with van der Waals surface area (Å²) in [6, 6.07) is 9.52. The number of rotatable bonds is 4. The number of piperidine rings is 1. The molecule has 25 heavy (non-hydrogen) atoms. The van der Waals surface area contributed by atoms with Crippen molar-refractivity contribution in [2.45, 2.75) is 83.3 Å². The van der Waals surface area contributed by atoms with Crippen LogP contribution < -0.4 is 10.2 Å². The van der Waals surface area contributed by atoms with Gasteiger partial charge in [-0.3, -0.25) is 0 Å². The lowest BCUT2D eigenvalue weighted by Gasteiger charge is -2.32. The van der Waals surface area contributed by atoms with Gasteiger partial charge in [-0.25, -0.2) is 0 Å². The number of aliphatic hydroxyl groups is 1. The van der Waals surface area contributed by atoms with Crippen molar-refractivity contribution < 1.29 is 9.84 Å². The topological polar surface area (TPSA) is 44.7 Å². The molecule has 2 N–H and O–H groups in total. The number of anilines is 1. The third kappa shape index (κ3) is 4.36. The van der Waals surface area contributed by atoms with Crippen molar-refractivity contribution >= 4 is 5.69 Å². The first-order chi connectivity index (χ1) is 11.7. The molecule has 4 nitrogen and oxygen atoms in total. The van der Waals surface area contributed by atoms with Crippen LogP contribution in [0.1, 0.15) is 65.5 Å². The lowest BCUT2D eigenvalue weighted by Crippen LogP contribution is -2.44. The summed E-state index contributed by atoms with van der Waals surface area (Å²) < 4.78 is 6.20. The zero-order valence-corrected chi connectivity index (χ0v) is 16.4. The summed E-state index contributed by atoms with van der Waals surface area (Å²) >= 11 is 0. The molecule has 2 atom stereocenters. The normalized spacial score (nSPS) is 27.4. The van der Waals surface area contributed by atoms with Crippen molar-refractivity contribution in [2.24, 2.45) is 0 Å². The molecule has 2 heterocycles. The maximum absolute atomic E-state index is 9.66. The van der Waals surface area contributed by atoms with Gasteiger partial charge in [-0.05, 0) is 71.6 Å². The van der Waals surface area contributed by atoms with Crippen molar-refractivity contribution in [3.05, 3.63) is 29.8 Å². The Labute approximate surface area is 152 Å². The van der Waals surface area contributed by atoms with Crippen LogP contribution in [0, 0.1) is 0 Å². The van der Waals surface area contributed by atoms with Gasteiger partial charge in [-0.15, -0.1) is 0 Å². The Morgan fingerprint density at radius 3 is 2.24 bits per heavy atom. The Hall–Kier alpha value is -1.10. The molecule has 2 aliphatic rings. The summed E-state index contributed by atoms with van der Waals surface area (Å²) in [6.45, 7) is 12.8. The Morgan fingerprint density at radius 1 is 1.12 bits per heavy atom. The maximum Gasteiger partial charge on any atom is 0.0787 e. The smallest absolute Gasteiger partial charge is 0.0787 e. The first kappa shape index (κ1) is 18.7. The van der Waals surface area contributed by atoms with Gasteiger partial charge in [0.2, 0.25) is 0 Å². The highest BCUT2D eigenvalue weighted by Gasteiger charge is 2.46. The third-order valence-corrected chi connectivity index (χ3v) is 5.75. The largest absolute Gasteiger partial charge is 0.393 e. The second-order valence-electron chi connectivity index (χ2n) is 8.92. The molecule has 0 aliphatic carbocycles. The van der Waals surface area contributed by atoms with Crippen LogP contribution >= 0.6 is 0 Å². The first-order valence-electron chi connectivity index (χ1n) is 9.65. The highest BCUT2D eigenvalue weighted by molar-refractivity contribution is 5.48. The number of hydrogen-bond donors (Lipinski definition) is 2. The van der Waals surface area contributed by atoms with Crippen molar-refractivity contribution in [3.8, 4) is 0 Å². The van der Waals surface area contributed by atoms with Gasteiger partial charge < -0.3 is 20.1 Å². The van der Waals surface area contributed by atoms with Gasteiger partial charge in [-0.2, -0.15) is 0 Å². The molecule has 2 fully saturated rings. The molecule has 0 aromatic heterocycles. The first-order valence-corrected chi connectivity index (χ1v) is 9.65. The van der Waals surface area contributed by atoms with Crippen LogP contribution in [-0.2, 0) is 4.74 Å². The maximum atomic E-state index is 9.66. The molecule has 2 saturated heterocycles. The minimum absolute atomic E-state index is 0.0659. The minimum atomic E-state index is -0.146. The van der Waals surface area contributed by atoms with E-state index < -0.39 is 0 Å². The number of aliphatic hydroxyl groups excluding tert-OH is 1. The molecule has 2 aliphatic heterocycles. The number of ether oxygens (including phenoxy) is 1. The summed E-state index contributed by atoms with van der Waals surface area (Å²) in [5.41, 5.74) is 2.35. The number of nitrogens with zero attached hydrogens (tertiary/aromatic N) is 1. The predicted molar refractivity (Wildman–Crippen MR) is 103 cm³/mol. The SMILES string of the molecule is CC(NC1CC(C)(C)OC1(C)C)c1ccc(N2CCC(O)CC2)cc1. The molecule has 4 heteroatoms. The minimum Gasteiger partial charge on any atom is -0.393 e. The second kappa shape index (κ2) is 6.90. The molecule has 0 bridgehead atoms. The van der Waals surface area contributed by atoms with Crippen LogP contribution in [0.4, 0.5) is 5.69 Å². The molecule has 0 spiro atoms. The standard InChI is InChI=1S/C21H34N2O2/c1-15(22-19-14-20(2,3)25-21(19,4)5)16-6-8-17(9-7-16)23-12-10-18(24)11-13-23/h6-9,15,18-19,22,24H,10-14H2,1-5H3. The number of benzene rings is 1. The van der Waals surface area contributed by atoms with E-state index in [0.29, 0.717) is 12.1 Å². The third-order valence-electron chi connectivity index (χ3n) is 5.75. The zero-order chi connectivity index (χ0) is 18.2. The predicted octanol–water partition coefficient (Wildman–Crippen LogP) is 3.64. The van der Waals surface area contributed by atoms with Crippen molar-refractivity contribution in [3.63, 3.8) is 0 Å². The van der Waals surface area contributed by atoms with Crippen LogP contribution in [0.3, 0.4) is 0 Å².